The number of halogens is 1. The van der Waals surface area contributed by atoms with Crippen LogP contribution in [0.4, 0.5) is 0 Å². The van der Waals surface area contributed by atoms with E-state index in [1.54, 1.807) is 7.11 Å². The maximum atomic E-state index is 6.08. The molecule has 0 aliphatic carbocycles. The van der Waals surface area contributed by atoms with Crippen LogP contribution in [0.25, 0.3) is 0 Å². The van der Waals surface area contributed by atoms with E-state index in [4.69, 9.17) is 16.3 Å². The van der Waals surface area contributed by atoms with E-state index in [1.165, 1.54) is 5.56 Å². The average Bonchev–Trinajstić information content (AvgIpc) is 2.42. The van der Waals surface area contributed by atoms with Crippen LogP contribution in [0.2, 0.25) is 5.02 Å². The van der Waals surface area contributed by atoms with Crippen molar-refractivity contribution in [2.45, 2.75) is 19.4 Å². The molecule has 0 saturated carbocycles. The second-order valence-electron chi connectivity index (χ2n) is 4.60. The number of hydrogen-bond donors (Lipinski definition) is 1. The number of nitrogens with zero attached hydrogens (tertiary/aromatic N) is 1. The summed E-state index contributed by atoms with van der Waals surface area (Å²) in [6.45, 7) is 6.57. The summed E-state index contributed by atoms with van der Waals surface area (Å²) in [7, 11) is 1.66. The summed E-state index contributed by atoms with van der Waals surface area (Å²) < 4.78 is 5.30. The molecule has 0 unspecified atom stereocenters. The highest BCUT2D eigenvalue weighted by Crippen LogP contribution is 2.31. The summed E-state index contributed by atoms with van der Waals surface area (Å²) in [4.78, 5) is 2.53. The third-order valence-corrected chi connectivity index (χ3v) is 3.85. The highest BCUT2D eigenvalue weighted by atomic mass is 35.5. The Morgan fingerprint density at radius 2 is 2.11 bits per heavy atom. The molecule has 1 fully saturated rings. The molecular formula is C14H21ClN2O. The highest BCUT2D eigenvalue weighted by molar-refractivity contribution is 6.32. The molecule has 0 radical (unpaired) electrons. The van der Waals surface area contributed by atoms with Crippen molar-refractivity contribution >= 4 is 11.6 Å². The Kier molecular flexibility index (Phi) is 4.87. The van der Waals surface area contributed by atoms with Gasteiger partial charge in [0.2, 0.25) is 0 Å². The van der Waals surface area contributed by atoms with Gasteiger partial charge < -0.3 is 10.1 Å². The molecule has 1 heterocycles. The van der Waals surface area contributed by atoms with Gasteiger partial charge >= 0.3 is 0 Å². The maximum Gasteiger partial charge on any atom is 0.137 e. The van der Waals surface area contributed by atoms with Crippen LogP contribution in [-0.2, 0) is 0 Å². The number of benzene rings is 1. The lowest BCUT2D eigenvalue weighted by Crippen LogP contribution is -2.45. The fourth-order valence-electron chi connectivity index (χ4n) is 2.58. The van der Waals surface area contributed by atoms with Gasteiger partial charge in [-0.3, -0.25) is 4.90 Å². The second-order valence-corrected chi connectivity index (χ2v) is 5.01. The molecule has 1 aliphatic heterocycles. The average molecular weight is 269 g/mol. The van der Waals surface area contributed by atoms with Crippen molar-refractivity contribution in [1.29, 1.82) is 0 Å². The lowest BCUT2D eigenvalue weighted by molar-refractivity contribution is 0.169. The molecule has 1 saturated heterocycles. The normalized spacial score (nSPS) is 18.6. The van der Waals surface area contributed by atoms with Gasteiger partial charge in [0.05, 0.1) is 12.1 Å². The second kappa shape index (κ2) is 6.41. The zero-order chi connectivity index (χ0) is 13.0. The summed E-state index contributed by atoms with van der Waals surface area (Å²) in [6, 6.07) is 6.57. The smallest absolute Gasteiger partial charge is 0.137 e. The highest BCUT2D eigenvalue weighted by Gasteiger charge is 2.21. The molecule has 100 valence electrons. The van der Waals surface area contributed by atoms with Gasteiger partial charge in [0.15, 0.2) is 0 Å². The molecule has 1 aliphatic rings. The topological polar surface area (TPSA) is 24.5 Å². The van der Waals surface area contributed by atoms with Gasteiger partial charge in [0.25, 0.3) is 0 Å². The first-order chi connectivity index (χ1) is 8.76. The van der Waals surface area contributed by atoms with E-state index in [2.05, 4.69) is 29.3 Å². The standard InChI is InChI=1S/C14H21ClN2O/c1-3-13(17-8-6-16-7-9-17)11-4-5-12(15)14(10-11)18-2/h4-5,10,13,16H,3,6-9H2,1-2H3/t13-/m1/s1. The van der Waals surface area contributed by atoms with Crippen molar-refractivity contribution in [3.8, 4) is 5.75 Å². The van der Waals surface area contributed by atoms with Crippen molar-refractivity contribution in [3.05, 3.63) is 28.8 Å². The number of rotatable bonds is 4. The number of ether oxygens (including phenoxy) is 1. The first-order valence-corrected chi connectivity index (χ1v) is 6.92. The summed E-state index contributed by atoms with van der Waals surface area (Å²) in [6.07, 6.45) is 1.10. The largest absolute Gasteiger partial charge is 0.495 e. The number of hydrogen-bond acceptors (Lipinski definition) is 3. The lowest BCUT2D eigenvalue weighted by Gasteiger charge is -2.34. The van der Waals surface area contributed by atoms with E-state index in [-0.39, 0.29) is 0 Å². The maximum absolute atomic E-state index is 6.08. The molecule has 1 aromatic carbocycles. The van der Waals surface area contributed by atoms with Crippen LogP contribution in [0.3, 0.4) is 0 Å². The van der Waals surface area contributed by atoms with Crippen LogP contribution in [0.5, 0.6) is 5.75 Å². The van der Waals surface area contributed by atoms with Gasteiger partial charge in [0, 0.05) is 32.2 Å². The zero-order valence-corrected chi connectivity index (χ0v) is 11.8. The van der Waals surface area contributed by atoms with Gasteiger partial charge in [0.1, 0.15) is 5.75 Å². The van der Waals surface area contributed by atoms with Crippen LogP contribution in [0, 0.1) is 0 Å². The van der Waals surface area contributed by atoms with Crippen LogP contribution in [0.1, 0.15) is 24.9 Å². The molecule has 0 aromatic heterocycles. The van der Waals surface area contributed by atoms with E-state index in [0.29, 0.717) is 11.1 Å². The van der Waals surface area contributed by atoms with Crippen molar-refractivity contribution < 1.29 is 4.74 Å². The van der Waals surface area contributed by atoms with E-state index >= 15 is 0 Å². The fraction of sp³-hybridized carbons (Fsp3) is 0.571. The zero-order valence-electron chi connectivity index (χ0n) is 11.1. The van der Waals surface area contributed by atoms with E-state index < -0.39 is 0 Å². The molecule has 18 heavy (non-hydrogen) atoms. The first-order valence-electron chi connectivity index (χ1n) is 6.54. The molecule has 3 nitrogen and oxygen atoms in total. The Bertz CT molecular complexity index is 391. The Labute approximate surface area is 114 Å². The van der Waals surface area contributed by atoms with Crippen LogP contribution < -0.4 is 10.1 Å². The number of nitrogens with one attached hydrogen (secondary N) is 1. The third kappa shape index (κ3) is 2.97. The summed E-state index contributed by atoms with van der Waals surface area (Å²) >= 11 is 6.08. The SMILES string of the molecule is CC[C@H](c1ccc(Cl)c(OC)c1)N1CCNCC1. The molecule has 1 aromatic rings. The Morgan fingerprint density at radius 1 is 1.39 bits per heavy atom. The summed E-state index contributed by atoms with van der Waals surface area (Å²) in [5.41, 5.74) is 1.29. The number of piperazine rings is 1. The van der Waals surface area contributed by atoms with Gasteiger partial charge in [-0.2, -0.15) is 0 Å². The molecule has 2 rings (SSSR count). The minimum atomic E-state index is 0.457. The molecule has 4 heteroatoms. The molecule has 1 N–H and O–H groups in total. The van der Waals surface area contributed by atoms with Crippen molar-refractivity contribution in [1.82, 2.24) is 10.2 Å². The summed E-state index contributed by atoms with van der Waals surface area (Å²) in [5, 5.41) is 4.07. The van der Waals surface area contributed by atoms with Crippen LogP contribution in [0.15, 0.2) is 18.2 Å². The number of methoxy groups -OCH3 is 1. The molecule has 0 bridgehead atoms. The van der Waals surface area contributed by atoms with Crippen LogP contribution in [-0.4, -0.2) is 38.2 Å². The summed E-state index contributed by atoms with van der Waals surface area (Å²) in [5.74, 6) is 0.766. The predicted molar refractivity (Wildman–Crippen MR) is 75.5 cm³/mol. The predicted octanol–water partition coefficient (Wildman–Crippen LogP) is 2.70. The minimum absolute atomic E-state index is 0.457. The third-order valence-electron chi connectivity index (χ3n) is 3.54. The van der Waals surface area contributed by atoms with Gasteiger partial charge in [-0.25, -0.2) is 0 Å². The van der Waals surface area contributed by atoms with Crippen molar-refractivity contribution in [3.63, 3.8) is 0 Å². The van der Waals surface area contributed by atoms with E-state index in [0.717, 1.165) is 38.3 Å². The van der Waals surface area contributed by atoms with Crippen molar-refractivity contribution in [2.24, 2.45) is 0 Å². The minimum Gasteiger partial charge on any atom is -0.495 e. The molecule has 0 spiro atoms. The molecular weight excluding hydrogens is 248 g/mol. The Balaban J connectivity index is 2.20. The van der Waals surface area contributed by atoms with E-state index in [1.807, 2.05) is 6.07 Å². The first kappa shape index (κ1) is 13.7. The Morgan fingerprint density at radius 3 is 2.72 bits per heavy atom. The van der Waals surface area contributed by atoms with Gasteiger partial charge in [-0.1, -0.05) is 24.6 Å². The fourth-order valence-corrected chi connectivity index (χ4v) is 2.78. The quantitative estimate of drug-likeness (QED) is 0.909. The lowest BCUT2D eigenvalue weighted by atomic mass is 10.0. The van der Waals surface area contributed by atoms with Crippen molar-refractivity contribution in [2.75, 3.05) is 33.3 Å². The van der Waals surface area contributed by atoms with Crippen LogP contribution >= 0.6 is 11.6 Å². The molecule has 0 amide bonds. The van der Waals surface area contributed by atoms with Gasteiger partial charge in [-0.15, -0.1) is 0 Å². The molecule has 1 atom stereocenters. The van der Waals surface area contributed by atoms with E-state index in [9.17, 15) is 0 Å². The monoisotopic (exact) mass is 268 g/mol. The Hall–Kier alpha value is -0.770. The van der Waals surface area contributed by atoms with Gasteiger partial charge in [-0.05, 0) is 24.1 Å².